The van der Waals surface area contributed by atoms with E-state index < -0.39 is 23.9 Å². The summed E-state index contributed by atoms with van der Waals surface area (Å²) >= 11 is 0. The van der Waals surface area contributed by atoms with E-state index in [0.29, 0.717) is 33.8 Å². The quantitative estimate of drug-likeness (QED) is 0.275. The van der Waals surface area contributed by atoms with Gasteiger partial charge in [-0.2, -0.15) is 0 Å². The number of nitrogens with one attached hydrogen (secondary N) is 4. The van der Waals surface area contributed by atoms with E-state index in [0.717, 1.165) is 5.56 Å². The molecular formula is C21H24N6O5. The molecule has 0 saturated carbocycles. The zero-order valence-electron chi connectivity index (χ0n) is 17.6. The van der Waals surface area contributed by atoms with Crippen LogP contribution in [0, 0.1) is 0 Å². The molecule has 1 aliphatic heterocycles. The maximum Gasteiger partial charge on any atom is 0.316 e. The van der Waals surface area contributed by atoms with Crippen molar-refractivity contribution in [2.45, 2.75) is 25.9 Å². The molecule has 1 aliphatic rings. The lowest BCUT2D eigenvalue weighted by Crippen LogP contribution is -2.41. The monoisotopic (exact) mass is 440 g/mol. The first-order chi connectivity index (χ1) is 15.2. The molecule has 3 rings (SSSR count). The number of amides is 4. The molecule has 1 atom stereocenters. The van der Waals surface area contributed by atoms with Gasteiger partial charge in [-0.05, 0) is 42.3 Å². The summed E-state index contributed by atoms with van der Waals surface area (Å²) in [6.07, 6.45) is 1.48. The molecule has 1 aromatic carbocycles. The van der Waals surface area contributed by atoms with Crippen molar-refractivity contribution in [1.82, 2.24) is 10.3 Å². The van der Waals surface area contributed by atoms with Gasteiger partial charge in [0, 0.05) is 35.4 Å². The number of anilines is 2. The molecule has 0 radical (unpaired) electrons. The Balaban J connectivity index is 1.76. The van der Waals surface area contributed by atoms with Crippen LogP contribution in [-0.4, -0.2) is 42.0 Å². The largest absolute Gasteiger partial charge is 0.469 e. The Morgan fingerprint density at radius 3 is 2.66 bits per heavy atom. The van der Waals surface area contributed by atoms with Gasteiger partial charge in [-0.25, -0.2) is 4.79 Å². The molecule has 1 aromatic heterocycles. The number of urea groups is 1. The standard InChI is InChI=1S/C21H24N6O5/c1-10(18-13-6-12(26-21(23)31)3-4-15(13)27-20(18)30)16-5-11(8-24-16)9-25-19(29)14(22)7-17(28)32-2/h3-6,8,14,24H,7,9,22H2,1-2H3,(H,25,29)(H,27,30)(H3,23,26,31). The number of nitrogens with two attached hydrogens (primary N) is 2. The minimum absolute atomic E-state index is 0.183. The smallest absolute Gasteiger partial charge is 0.316 e. The summed E-state index contributed by atoms with van der Waals surface area (Å²) in [6, 6.07) is 5.09. The minimum Gasteiger partial charge on any atom is -0.469 e. The average molecular weight is 440 g/mol. The Morgan fingerprint density at radius 2 is 1.97 bits per heavy atom. The molecule has 0 saturated heterocycles. The Labute approximate surface area is 183 Å². The second-order valence-corrected chi connectivity index (χ2v) is 7.23. The second-order valence-electron chi connectivity index (χ2n) is 7.23. The van der Waals surface area contributed by atoms with Crippen molar-refractivity contribution in [3.8, 4) is 0 Å². The van der Waals surface area contributed by atoms with Crippen LogP contribution in [-0.2, 0) is 25.7 Å². The molecule has 2 heterocycles. The third-order valence-corrected chi connectivity index (χ3v) is 4.97. The van der Waals surface area contributed by atoms with Crippen LogP contribution < -0.4 is 27.4 Å². The number of ether oxygens (including phenoxy) is 1. The number of benzene rings is 1. The highest BCUT2D eigenvalue weighted by Crippen LogP contribution is 2.38. The van der Waals surface area contributed by atoms with Crippen LogP contribution in [0.5, 0.6) is 0 Å². The number of H-pyrrole nitrogens is 1. The van der Waals surface area contributed by atoms with Gasteiger partial charge in [0.2, 0.25) is 5.91 Å². The maximum atomic E-state index is 12.6. The lowest BCUT2D eigenvalue weighted by Gasteiger charge is -2.10. The van der Waals surface area contributed by atoms with Crippen molar-refractivity contribution < 1.29 is 23.9 Å². The van der Waals surface area contributed by atoms with Crippen LogP contribution in [0.25, 0.3) is 11.1 Å². The van der Waals surface area contributed by atoms with Crippen molar-refractivity contribution in [2.75, 3.05) is 17.7 Å². The van der Waals surface area contributed by atoms with E-state index in [2.05, 4.69) is 25.7 Å². The van der Waals surface area contributed by atoms with Crippen LogP contribution in [0.3, 0.4) is 0 Å². The molecule has 11 heteroatoms. The lowest BCUT2D eigenvalue weighted by molar-refractivity contribution is -0.142. The van der Waals surface area contributed by atoms with Crippen LogP contribution >= 0.6 is 0 Å². The van der Waals surface area contributed by atoms with E-state index in [1.54, 1.807) is 37.4 Å². The summed E-state index contributed by atoms with van der Waals surface area (Å²) in [5.41, 5.74) is 15.2. The van der Waals surface area contributed by atoms with E-state index in [1.165, 1.54) is 7.11 Å². The molecule has 1 unspecified atom stereocenters. The molecule has 0 bridgehead atoms. The molecule has 11 nitrogen and oxygen atoms in total. The van der Waals surface area contributed by atoms with Crippen LogP contribution in [0.15, 0.2) is 30.5 Å². The molecular weight excluding hydrogens is 416 g/mol. The van der Waals surface area contributed by atoms with Gasteiger partial charge >= 0.3 is 12.0 Å². The van der Waals surface area contributed by atoms with Crippen molar-refractivity contribution in [2.24, 2.45) is 11.5 Å². The summed E-state index contributed by atoms with van der Waals surface area (Å²) < 4.78 is 4.50. The van der Waals surface area contributed by atoms with Crippen LogP contribution in [0.4, 0.5) is 16.2 Å². The zero-order chi connectivity index (χ0) is 23.4. The van der Waals surface area contributed by atoms with Gasteiger partial charge in [-0.15, -0.1) is 0 Å². The first kappa shape index (κ1) is 22.6. The highest BCUT2D eigenvalue weighted by molar-refractivity contribution is 6.36. The van der Waals surface area contributed by atoms with Gasteiger partial charge in [-0.1, -0.05) is 0 Å². The Morgan fingerprint density at radius 1 is 1.22 bits per heavy atom. The first-order valence-electron chi connectivity index (χ1n) is 9.70. The third kappa shape index (κ3) is 4.95. The highest BCUT2D eigenvalue weighted by Gasteiger charge is 2.27. The average Bonchev–Trinajstić information content (AvgIpc) is 3.34. The van der Waals surface area contributed by atoms with Gasteiger partial charge in [0.25, 0.3) is 5.91 Å². The number of primary amides is 1. The fourth-order valence-corrected chi connectivity index (χ4v) is 3.33. The lowest BCUT2D eigenvalue weighted by atomic mass is 9.99. The number of carbonyl (C=O) groups excluding carboxylic acids is 4. The Bertz CT molecular complexity index is 1120. The van der Waals surface area contributed by atoms with E-state index in [-0.39, 0.29) is 18.9 Å². The summed E-state index contributed by atoms with van der Waals surface area (Å²) in [5.74, 6) is -1.32. The number of methoxy groups -OCH3 is 1. The van der Waals surface area contributed by atoms with Gasteiger partial charge in [0.05, 0.1) is 25.1 Å². The molecule has 32 heavy (non-hydrogen) atoms. The summed E-state index contributed by atoms with van der Waals surface area (Å²) in [6.45, 7) is 1.97. The van der Waals surface area contributed by atoms with Gasteiger partial charge < -0.3 is 37.1 Å². The van der Waals surface area contributed by atoms with Crippen LogP contribution in [0.2, 0.25) is 0 Å². The number of allylic oxidation sites excluding steroid dienone is 1. The van der Waals surface area contributed by atoms with Crippen molar-refractivity contribution >= 4 is 46.3 Å². The number of rotatable bonds is 7. The SMILES string of the molecule is COC(=O)CC(N)C(=O)NCc1c[nH]c(C(C)=C2C(=O)Nc3ccc(NC(N)=O)cc32)c1. The number of fused-ring (bicyclic) bond motifs is 1. The molecule has 8 N–H and O–H groups in total. The first-order valence-corrected chi connectivity index (χ1v) is 9.70. The number of carbonyl (C=O) groups is 4. The molecule has 2 aromatic rings. The predicted molar refractivity (Wildman–Crippen MR) is 118 cm³/mol. The van der Waals surface area contributed by atoms with Gasteiger partial charge in [-0.3, -0.25) is 14.4 Å². The van der Waals surface area contributed by atoms with Crippen molar-refractivity contribution in [1.29, 1.82) is 0 Å². The van der Waals surface area contributed by atoms with E-state index in [1.807, 2.05) is 0 Å². The van der Waals surface area contributed by atoms with Gasteiger partial charge in [0.15, 0.2) is 0 Å². The van der Waals surface area contributed by atoms with E-state index in [9.17, 15) is 19.2 Å². The van der Waals surface area contributed by atoms with Gasteiger partial charge in [0.1, 0.15) is 0 Å². The minimum atomic E-state index is -1.01. The molecule has 0 fully saturated rings. The Hall–Kier alpha value is -4.12. The van der Waals surface area contributed by atoms with E-state index >= 15 is 0 Å². The maximum absolute atomic E-state index is 12.6. The highest BCUT2D eigenvalue weighted by atomic mass is 16.5. The number of hydrogen-bond acceptors (Lipinski definition) is 6. The predicted octanol–water partition coefficient (Wildman–Crippen LogP) is 0.895. The summed E-state index contributed by atoms with van der Waals surface area (Å²) in [5, 5.41) is 7.95. The third-order valence-electron chi connectivity index (χ3n) is 4.97. The molecule has 4 amide bonds. The normalized spacial score (nSPS) is 14.8. The summed E-state index contributed by atoms with van der Waals surface area (Å²) in [7, 11) is 1.23. The number of esters is 1. The van der Waals surface area contributed by atoms with Crippen molar-refractivity contribution in [3.05, 3.63) is 47.3 Å². The zero-order valence-corrected chi connectivity index (χ0v) is 17.6. The molecule has 0 aliphatic carbocycles. The summed E-state index contributed by atoms with van der Waals surface area (Å²) in [4.78, 5) is 50.1. The number of hydrogen-bond donors (Lipinski definition) is 6. The number of aromatic amines is 1. The van der Waals surface area contributed by atoms with Crippen molar-refractivity contribution in [3.63, 3.8) is 0 Å². The fraction of sp³-hybridized carbons (Fsp3) is 0.238. The number of aromatic nitrogens is 1. The molecule has 0 spiro atoms. The fourth-order valence-electron chi connectivity index (χ4n) is 3.33. The van der Waals surface area contributed by atoms with E-state index in [4.69, 9.17) is 11.5 Å². The Kier molecular flexibility index (Phi) is 6.59. The van der Waals surface area contributed by atoms with Crippen LogP contribution in [0.1, 0.15) is 30.2 Å². The molecule has 168 valence electrons. The topological polar surface area (TPSA) is 181 Å². The second kappa shape index (κ2) is 9.35.